The molecule has 0 aliphatic rings. The van der Waals surface area contributed by atoms with Gasteiger partial charge in [-0.3, -0.25) is 0 Å². The number of fused-ring (bicyclic) bond motifs is 1. The zero-order valence-electron chi connectivity index (χ0n) is 10.8. The van der Waals surface area contributed by atoms with E-state index < -0.39 is 0 Å². The monoisotopic (exact) mass is 246 g/mol. The smallest absolute Gasteiger partial charge is 0.187 e. The molecule has 3 aromatic rings. The highest BCUT2D eigenvalue weighted by Gasteiger charge is 2.13. The Hall–Kier alpha value is -2.41. The Labute approximate surface area is 113 Å². The van der Waals surface area contributed by atoms with Crippen molar-refractivity contribution in [2.45, 2.75) is 6.54 Å². The minimum Gasteiger partial charge on any atom is -0.187 e. The average Bonchev–Trinajstić information content (AvgIpc) is 2.49. The molecule has 0 radical (unpaired) electrons. The van der Waals surface area contributed by atoms with Crippen molar-refractivity contribution < 1.29 is 4.57 Å². The maximum absolute atomic E-state index is 3.92. The number of benzene rings is 2. The molecule has 0 spiro atoms. The van der Waals surface area contributed by atoms with Gasteiger partial charge in [0.25, 0.3) is 0 Å². The molecule has 0 bridgehead atoms. The molecule has 0 saturated heterocycles. The maximum atomic E-state index is 3.92. The van der Waals surface area contributed by atoms with E-state index in [-0.39, 0.29) is 0 Å². The van der Waals surface area contributed by atoms with Crippen LogP contribution in [-0.4, -0.2) is 0 Å². The Bertz CT molecular complexity index is 714. The highest BCUT2D eigenvalue weighted by molar-refractivity contribution is 5.76. The third-order valence-corrected chi connectivity index (χ3v) is 3.37. The van der Waals surface area contributed by atoms with Crippen LogP contribution in [0.4, 0.5) is 0 Å². The van der Waals surface area contributed by atoms with E-state index >= 15 is 0 Å². The van der Waals surface area contributed by atoms with Gasteiger partial charge >= 0.3 is 0 Å². The molecular formula is C18H16N+. The highest BCUT2D eigenvalue weighted by Crippen LogP contribution is 2.12. The molecule has 92 valence electrons. The van der Waals surface area contributed by atoms with Crippen LogP contribution >= 0.6 is 0 Å². The number of aromatic nitrogens is 1. The zero-order valence-corrected chi connectivity index (χ0v) is 10.8. The van der Waals surface area contributed by atoms with E-state index in [1.165, 1.54) is 16.5 Å². The lowest BCUT2D eigenvalue weighted by Crippen LogP contribution is -2.38. The van der Waals surface area contributed by atoms with E-state index in [0.717, 1.165) is 12.2 Å². The van der Waals surface area contributed by atoms with Gasteiger partial charge in [0, 0.05) is 29.2 Å². The Morgan fingerprint density at radius 3 is 2.37 bits per heavy atom. The van der Waals surface area contributed by atoms with E-state index in [4.69, 9.17) is 0 Å². The van der Waals surface area contributed by atoms with Crippen molar-refractivity contribution in [3.05, 3.63) is 84.6 Å². The van der Waals surface area contributed by atoms with Gasteiger partial charge in [0.05, 0.1) is 0 Å². The lowest BCUT2D eigenvalue weighted by molar-refractivity contribution is -0.664. The first-order valence-corrected chi connectivity index (χ1v) is 6.46. The van der Waals surface area contributed by atoms with Crippen LogP contribution in [0.3, 0.4) is 0 Å². The van der Waals surface area contributed by atoms with Gasteiger partial charge in [-0.1, -0.05) is 49.0 Å². The topological polar surface area (TPSA) is 3.88 Å². The van der Waals surface area contributed by atoms with Crippen molar-refractivity contribution in [2.24, 2.45) is 0 Å². The number of para-hydroxylation sites is 1. The number of nitrogens with zero attached hydrogens (tertiary/aromatic N) is 1. The molecule has 19 heavy (non-hydrogen) atoms. The lowest BCUT2D eigenvalue weighted by Gasteiger charge is -2.05. The quantitative estimate of drug-likeness (QED) is 0.619. The highest BCUT2D eigenvalue weighted by atomic mass is 15.0. The normalized spacial score (nSPS) is 10.5. The Balaban J connectivity index is 2.17. The van der Waals surface area contributed by atoms with Crippen LogP contribution in [0.5, 0.6) is 0 Å². The first kappa shape index (κ1) is 11.7. The van der Waals surface area contributed by atoms with Crippen LogP contribution in [-0.2, 0) is 6.54 Å². The van der Waals surface area contributed by atoms with Gasteiger partial charge in [0.1, 0.15) is 0 Å². The van der Waals surface area contributed by atoms with Crippen LogP contribution in [0.2, 0.25) is 0 Å². The summed E-state index contributed by atoms with van der Waals surface area (Å²) in [6.07, 6.45) is 1.91. The number of hydrogen-bond acceptors (Lipinski definition) is 0. The van der Waals surface area contributed by atoms with E-state index in [2.05, 4.69) is 71.8 Å². The van der Waals surface area contributed by atoms with Crippen molar-refractivity contribution >= 4 is 17.0 Å². The van der Waals surface area contributed by atoms with E-state index in [0.29, 0.717) is 0 Å². The molecule has 1 aromatic heterocycles. The summed E-state index contributed by atoms with van der Waals surface area (Å²) in [5.41, 5.74) is 3.68. The second kappa shape index (κ2) is 5.07. The summed E-state index contributed by atoms with van der Waals surface area (Å²) in [7, 11) is 0. The second-order valence-corrected chi connectivity index (χ2v) is 4.59. The molecule has 3 rings (SSSR count). The van der Waals surface area contributed by atoms with Gasteiger partial charge in [-0.15, -0.1) is 0 Å². The number of pyridine rings is 1. The van der Waals surface area contributed by atoms with E-state index in [9.17, 15) is 0 Å². The van der Waals surface area contributed by atoms with Gasteiger partial charge in [0.2, 0.25) is 11.2 Å². The molecule has 1 heteroatoms. The Morgan fingerprint density at radius 1 is 0.842 bits per heavy atom. The van der Waals surface area contributed by atoms with Gasteiger partial charge in [-0.25, -0.2) is 0 Å². The summed E-state index contributed by atoms with van der Waals surface area (Å²) in [6, 6.07) is 23.2. The average molecular weight is 246 g/mol. The molecule has 2 aromatic carbocycles. The predicted molar refractivity (Wildman–Crippen MR) is 79.8 cm³/mol. The molecule has 0 amide bonds. The van der Waals surface area contributed by atoms with E-state index in [1.54, 1.807) is 0 Å². The first-order chi connectivity index (χ1) is 9.38. The minimum atomic E-state index is 0.865. The van der Waals surface area contributed by atoms with Crippen molar-refractivity contribution in [1.82, 2.24) is 0 Å². The van der Waals surface area contributed by atoms with Crippen LogP contribution in [0.25, 0.3) is 17.0 Å². The lowest BCUT2D eigenvalue weighted by atomic mass is 10.1. The largest absolute Gasteiger partial charge is 0.213 e. The zero-order chi connectivity index (χ0) is 13.1. The third-order valence-electron chi connectivity index (χ3n) is 3.37. The predicted octanol–water partition coefficient (Wildman–Crippen LogP) is 3.82. The summed E-state index contributed by atoms with van der Waals surface area (Å²) < 4.78 is 2.30. The molecule has 1 nitrogen and oxygen atoms in total. The molecular weight excluding hydrogens is 230 g/mol. The van der Waals surface area contributed by atoms with Crippen LogP contribution < -0.4 is 4.57 Å². The van der Waals surface area contributed by atoms with Crippen molar-refractivity contribution in [1.29, 1.82) is 0 Å². The molecule has 1 heterocycles. The first-order valence-electron chi connectivity index (χ1n) is 6.46. The van der Waals surface area contributed by atoms with Gasteiger partial charge in [-0.05, 0) is 12.1 Å². The summed E-state index contributed by atoms with van der Waals surface area (Å²) in [6.45, 7) is 4.78. The number of hydrogen-bond donors (Lipinski definition) is 0. The molecule has 0 saturated carbocycles. The van der Waals surface area contributed by atoms with Crippen molar-refractivity contribution in [3.63, 3.8) is 0 Å². The standard InChI is InChI=1S/C18H16N/c1-2-17-13-12-16-10-6-7-11-18(16)19(17)14-15-8-4-3-5-9-15/h2-13H,1,14H2/q+1. The van der Waals surface area contributed by atoms with Gasteiger partial charge in [0.15, 0.2) is 6.54 Å². The molecule has 0 aliphatic carbocycles. The second-order valence-electron chi connectivity index (χ2n) is 4.59. The molecule has 0 aliphatic heterocycles. The molecule has 0 atom stereocenters. The molecule has 0 fully saturated rings. The minimum absolute atomic E-state index is 0.865. The van der Waals surface area contributed by atoms with Crippen molar-refractivity contribution in [3.8, 4) is 0 Å². The SMILES string of the molecule is C=Cc1ccc2ccccc2[n+]1Cc1ccccc1. The van der Waals surface area contributed by atoms with Crippen LogP contribution in [0.1, 0.15) is 11.3 Å². The van der Waals surface area contributed by atoms with Gasteiger partial charge < -0.3 is 0 Å². The summed E-state index contributed by atoms with van der Waals surface area (Å²) >= 11 is 0. The number of rotatable bonds is 3. The van der Waals surface area contributed by atoms with Gasteiger partial charge in [-0.2, -0.15) is 4.57 Å². The Kier molecular flexibility index (Phi) is 3.11. The van der Waals surface area contributed by atoms with E-state index in [1.807, 2.05) is 12.1 Å². The third kappa shape index (κ3) is 2.27. The molecule has 0 unspecified atom stereocenters. The summed E-state index contributed by atoms with van der Waals surface area (Å²) in [4.78, 5) is 0. The molecule has 0 N–H and O–H groups in total. The van der Waals surface area contributed by atoms with Crippen LogP contribution in [0, 0.1) is 0 Å². The summed E-state index contributed by atoms with van der Waals surface area (Å²) in [5, 5.41) is 1.25. The van der Waals surface area contributed by atoms with Crippen molar-refractivity contribution in [2.75, 3.05) is 0 Å². The fourth-order valence-electron chi connectivity index (χ4n) is 2.40. The van der Waals surface area contributed by atoms with Crippen LogP contribution in [0.15, 0.2) is 73.3 Å². The Morgan fingerprint density at radius 2 is 1.58 bits per heavy atom. The fourth-order valence-corrected chi connectivity index (χ4v) is 2.40. The fraction of sp³-hybridized carbons (Fsp3) is 0.0556. The summed E-state index contributed by atoms with van der Waals surface area (Å²) in [5.74, 6) is 0. The maximum Gasteiger partial charge on any atom is 0.213 e.